The van der Waals surface area contributed by atoms with Crippen molar-refractivity contribution in [1.82, 2.24) is 15.1 Å². The number of ether oxygens (including phenoxy) is 2. The number of hydrogen-bond donors (Lipinski definition) is 4. The molecule has 0 aromatic heterocycles. The molecule has 2 rings (SSSR count). The van der Waals surface area contributed by atoms with Gasteiger partial charge in [-0.15, -0.1) is 0 Å². The molecule has 1 aliphatic rings. The summed E-state index contributed by atoms with van der Waals surface area (Å²) in [4.78, 5) is 70.5. The number of benzene rings is 1. The van der Waals surface area contributed by atoms with E-state index in [4.69, 9.17) is 20.9 Å². The zero-order chi connectivity index (χ0) is 38.1. The molecule has 13 heteroatoms. The molecule has 13 nitrogen and oxygen atoms in total. The van der Waals surface area contributed by atoms with Gasteiger partial charge in [0.25, 0.3) is 5.91 Å². The summed E-state index contributed by atoms with van der Waals surface area (Å²) >= 11 is 0. The van der Waals surface area contributed by atoms with E-state index in [1.54, 1.807) is 62.3 Å². The average molecular weight is 704 g/mol. The number of alkyl carbamates (subject to hydrolysis) is 1. The van der Waals surface area contributed by atoms with Gasteiger partial charge in [-0.3, -0.25) is 24.2 Å². The highest BCUT2D eigenvalue weighted by molar-refractivity contribution is 6.03. The van der Waals surface area contributed by atoms with Crippen molar-refractivity contribution in [3.8, 4) is 0 Å². The van der Waals surface area contributed by atoms with E-state index in [9.17, 15) is 29.1 Å². The maximum atomic E-state index is 14.8. The number of carbonyl (C=O) groups excluding carboxylic acids is 5. The molecular weight excluding hydrogens is 642 g/mol. The van der Waals surface area contributed by atoms with Crippen molar-refractivity contribution in [3.63, 3.8) is 0 Å². The molecule has 0 bridgehead atoms. The molecule has 282 valence electrons. The lowest BCUT2D eigenvalue weighted by molar-refractivity contribution is -0.167. The topological polar surface area (TPSA) is 195 Å². The van der Waals surface area contributed by atoms with Crippen LogP contribution in [0.5, 0.6) is 0 Å². The number of rotatable bonds is 14. The number of carbonyl (C=O) groups is 5. The van der Waals surface area contributed by atoms with Crippen molar-refractivity contribution in [1.29, 1.82) is 0 Å². The number of nitrogens with one attached hydrogen (secondary N) is 1. The maximum Gasteiger partial charge on any atom is 0.408 e. The number of nitrogens with two attached hydrogens (primary N) is 2. The number of likely N-dealkylation sites (tertiary alicyclic amines) is 1. The second-order valence-electron chi connectivity index (χ2n) is 15.1. The molecule has 1 saturated heterocycles. The molecule has 1 heterocycles. The molecule has 50 heavy (non-hydrogen) atoms. The highest BCUT2D eigenvalue weighted by atomic mass is 16.6. The van der Waals surface area contributed by atoms with Gasteiger partial charge in [-0.05, 0) is 64.5 Å². The van der Waals surface area contributed by atoms with Gasteiger partial charge in [0.05, 0.1) is 25.3 Å². The molecule has 0 aliphatic carbocycles. The van der Waals surface area contributed by atoms with Crippen molar-refractivity contribution in [2.45, 2.75) is 117 Å². The van der Waals surface area contributed by atoms with Gasteiger partial charge < -0.3 is 31.4 Å². The summed E-state index contributed by atoms with van der Waals surface area (Å²) in [6.45, 7) is 15.7. The van der Waals surface area contributed by atoms with E-state index in [1.807, 2.05) is 35.2 Å². The van der Waals surface area contributed by atoms with Crippen LogP contribution in [0.4, 0.5) is 4.79 Å². The predicted octanol–water partition coefficient (Wildman–Crippen LogP) is 2.65. The predicted molar refractivity (Wildman–Crippen MR) is 191 cm³/mol. The lowest BCUT2D eigenvalue weighted by Gasteiger charge is -2.46. The lowest BCUT2D eigenvalue weighted by Crippen LogP contribution is -2.69. The molecular formula is C37H61N5O8. The highest BCUT2D eigenvalue weighted by Crippen LogP contribution is 2.38. The SMILES string of the molecule is CCC(=O)N(C(=O)[C@@](N)(C(C)C)C1CCN(C(CN)C(=O)[C@H](C)NC(=O)OC(C)(C)C)CC(Cc2ccccc2)C1O)C(C(=O)OC)C(C)C. The highest BCUT2D eigenvalue weighted by Gasteiger charge is 2.55. The average Bonchev–Trinajstić information content (AvgIpc) is 3.20. The molecule has 1 aromatic rings. The van der Waals surface area contributed by atoms with Gasteiger partial charge in [0, 0.05) is 31.3 Å². The molecule has 6 N–H and O–H groups in total. The monoisotopic (exact) mass is 703 g/mol. The van der Waals surface area contributed by atoms with Gasteiger partial charge in [-0.2, -0.15) is 0 Å². The quantitative estimate of drug-likeness (QED) is 0.208. The maximum absolute atomic E-state index is 14.8. The Bertz CT molecular complexity index is 1320. The van der Waals surface area contributed by atoms with Crippen molar-refractivity contribution >= 4 is 29.7 Å². The second kappa shape index (κ2) is 18.2. The molecule has 1 aliphatic heterocycles. The molecule has 7 atom stereocenters. The number of Topliss-reactive ketones (excluding diaryl/α,β-unsaturated/α-hetero) is 1. The molecule has 1 fully saturated rings. The Morgan fingerprint density at radius 3 is 2.14 bits per heavy atom. The van der Waals surface area contributed by atoms with E-state index in [1.165, 1.54) is 7.11 Å². The Hall–Kier alpha value is -3.39. The summed E-state index contributed by atoms with van der Waals surface area (Å²) in [5.74, 6) is -4.89. The van der Waals surface area contributed by atoms with Gasteiger partial charge >= 0.3 is 12.1 Å². The van der Waals surface area contributed by atoms with Crippen LogP contribution < -0.4 is 16.8 Å². The zero-order valence-corrected chi connectivity index (χ0v) is 31.6. The fourth-order valence-electron chi connectivity index (χ4n) is 6.90. The molecule has 1 aromatic carbocycles. The van der Waals surface area contributed by atoms with Gasteiger partial charge in [0.2, 0.25) is 5.91 Å². The summed E-state index contributed by atoms with van der Waals surface area (Å²) in [5.41, 5.74) is 11.8. The number of methoxy groups -OCH3 is 1. The molecule has 0 spiro atoms. The summed E-state index contributed by atoms with van der Waals surface area (Å²) in [6.07, 6.45) is -1.39. The van der Waals surface area contributed by atoms with Crippen LogP contribution in [0.2, 0.25) is 0 Å². The van der Waals surface area contributed by atoms with Crippen LogP contribution in [0, 0.1) is 23.7 Å². The Labute approximate surface area is 297 Å². The smallest absolute Gasteiger partial charge is 0.408 e. The van der Waals surface area contributed by atoms with Crippen LogP contribution >= 0.6 is 0 Å². The minimum absolute atomic E-state index is 0.0619. The first-order valence-electron chi connectivity index (χ1n) is 17.7. The summed E-state index contributed by atoms with van der Waals surface area (Å²) in [6, 6.07) is 6.55. The number of aliphatic hydroxyl groups is 1. The van der Waals surface area contributed by atoms with E-state index < -0.39 is 82.9 Å². The third-order valence-electron chi connectivity index (χ3n) is 9.67. The van der Waals surface area contributed by atoms with E-state index in [0.29, 0.717) is 6.42 Å². The summed E-state index contributed by atoms with van der Waals surface area (Å²) in [5, 5.41) is 14.9. The molecule has 0 radical (unpaired) electrons. The number of esters is 1. The van der Waals surface area contributed by atoms with E-state index in [-0.39, 0.29) is 38.3 Å². The summed E-state index contributed by atoms with van der Waals surface area (Å²) in [7, 11) is 1.20. The van der Waals surface area contributed by atoms with E-state index in [0.717, 1.165) is 10.5 Å². The van der Waals surface area contributed by atoms with Crippen LogP contribution in [-0.2, 0) is 35.1 Å². The first-order valence-corrected chi connectivity index (χ1v) is 17.7. The Kier molecular flexibility index (Phi) is 15.6. The lowest BCUT2D eigenvalue weighted by atomic mass is 9.68. The van der Waals surface area contributed by atoms with Crippen molar-refractivity contribution < 1.29 is 38.6 Å². The third kappa shape index (κ3) is 10.3. The van der Waals surface area contributed by atoms with Gasteiger partial charge in [0.15, 0.2) is 5.78 Å². The molecule has 5 unspecified atom stereocenters. The fourth-order valence-corrected chi connectivity index (χ4v) is 6.90. The number of imide groups is 1. The normalized spacial score (nSPS) is 21.7. The zero-order valence-electron chi connectivity index (χ0n) is 31.6. The van der Waals surface area contributed by atoms with Crippen LogP contribution in [0.15, 0.2) is 30.3 Å². The van der Waals surface area contributed by atoms with Crippen LogP contribution in [0.25, 0.3) is 0 Å². The number of aliphatic hydroxyl groups excluding tert-OH is 1. The van der Waals surface area contributed by atoms with Gasteiger partial charge in [0.1, 0.15) is 17.2 Å². The number of ketones is 1. The standard InChI is InChI=1S/C37H61N5O8/c1-11-29(43)42(30(22(2)3)33(46)49-10)34(47)37(39,23(4)5)27-17-18-41(21-26(32(27)45)19-25-15-13-12-14-16-25)28(20-38)31(44)24(6)40-35(48)50-36(7,8)9/h12-16,22-24,26-28,30,32,45H,11,17-21,38-39H2,1-10H3,(H,40,48)/t24-,26?,27?,28?,30?,32?,37+/m0/s1. The first-order chi connectivity index (χ1) is 23.2. The van der Waals surface area contributed by atoms with Crippen LogP contribution in [0.3, 0.4) is 0 Å². The Morgan fingerprint density at radius 2 is 1.66 bits per heavy atom. The van der Waals surface area contributed by atoms with Crippen LogP contribution in [0.1, 0.15) is 80.7 Å². The molecule has 0 saturated carbocycles. The van der Waals surface area contributed by atoms with Gasteiger partial charge in [-0.1, -0.05) is 65.0 Å². The van der Waals surface area contributed by atoms with E-state index >= 15 is 0 Å². The van der Waals surface area contributed by atoms with Crippen molar-refractivity contribution in [3.05, 3.63) is 35.9 Å². The second-order valence-corrected chi connectivity index (χ2v) is 15.1. The van der Waals surface area contributed by atoms with Crippen molar-refractivity contribution in [2.75, 3.05) is 26.7 Å². The number of amides is 3. The number of nitrogens with zero attached hydrogens (tertiary/aromatic N) is 2. The van der Waals surface area contributed by atoms with Crippen LogP contribution in [-0.4, -0.2) is 107 Å². The van der Waals surface area contributed by atoms with E-state index in [2.05, 4.69) is 5.32 Å². The minimum Gasteiger partial charge on any atom is -0.467 e. The summed E-state index contributed by atoms with van der Waals surface area (Å²) < 4.78 is 10.4. The van der Waals surface area contributed by atoms with Gasteiger partial charge in [-0.25, -0.2) is 9.59 Å². The van der Waals surface area contributed by atoms with Crippen molar-refractivity contribution in [2.24, 2.45) is 35.1 Å². The Balaban J connectivity index is 2.64. The minimum atomic E-state index is -1.80. The fraction of sp³-hybridized carbons (Fsp3) is 0.703. The number of hydrogen-bond acceptors (Lipinski definition) is 11. The first kappa shape index (κ1) is 42.8. The largest absolute Gasteiger partial charge is 0.467 e. The molecule has 3 amide bonds. The Morgan fingerprint density at radius 1 is 1.06 bits per heavy atom. The third-order valence-corrected chi connectivity index (χ3v) is 9.67.